The van der Waals surface area contributed by atoms with E-state index < -0.39 is 40.6 Å². The molecule has 0 radical (unpaired) electrons. The number of nitrogens with two attached hydrogens (primary N) is 1. The summed E-state index contributed by atoms with van der Waals surface area (Å²) in [5.41, 5.74) is 3.79. The fourth-order valence-corrected chi connectivity index (χ4v) is 1.55. The van der Waals surface area contributed by atoms with Crippen molar-refractivity contribution in [3.63, 3.8) is 0 Å². The summed E-state index contributed by atoms with van der Waals surface area (Å²) in [5, 5.41) is 2.11. The van der Waals surface area contributed by atoms with Crippen LogP contribution in [0.2, 0.25) is 0 Å². The Morgan fingerprint density at radius 3 is 1.95 bits per heavy atom. The summed E-state index contributed by atoms with van der Waals surface area (Å²) in [7, 11) is 0. The lowest BCUT2D eigenvalue weighted by Gasteiger charge is -2.12. The molecule has 112 valence electrons. The first kappa shape index (κ1) is 16.4. The first-order chi connectivity index (χ1) is 9.31. The van der Waals surface area contributed by atoms with E-state index >= 15 is 0 Å². The molecule has 0 aliphatic heterocycles. The average molecular weight is 296 g/mol. The standard InChI is InChI=1S/C12H13F5N2O/c1-5(2-3-18)4-19-12(20)6-7(13)9(15)11(17)10(16)8(6)14/h5H,2-4,18H2,1H3,(H,19,20). The minimum Gasteiger partial charge on any atom is -0.352 e. The summed E-state index contributed by atoms with van der Waals surface area (Å²) < 4.78 is 65.3. The summed E-state index contributed by atoms with van der Waals surface area (Å²) >= 11 is 0. The van der Waals surface area contributed by atoms with Crippen molar-refractivity contribution in [2.24, 2.45) is 11.7 Å². The Morgan fingerprint density at radius 1 is 1.05 bits per heavy atom. The van der Waals surface area contributed by atoms with Gasteiger partial charge in [-0.2, -0.15) is 0 Å². The summed E-state index contributed by atoms with van der Waals surface area (Å²) in [6.07, 6.45) is 0.539. The zero-order chi connectivity index (χ0) is 15.4. The van der Waals surface area contributed by atoms with Crippen molar-refractivity contribution in [1.29, 1.82) is 0 Å². The number of nitrogens with one attached hydrogen (secondary N) is 1. The Hall–Kier alpha value is -1.70. The monoisotopic (exact) mass is 296 g/mol. The summed E-state index contributed by atoms with van der Waals surface area (Å²) in [6, 6.07) is 0. The smallest absolute Gasteiger partial charge is 0.257 e. The van der Waals surface area contributed by atoms with Crippen LogP contribution in [-0.2, 0) is 0 Å². The molecular formula is C12H13F5N2O. The highest BCUT2D eigenvalue weighted by Crippen LogP contribution is 2.22. The average Bonchev–Trinajstić information content (AvgIpc) is 2.41. The molecule has 0 aliphatic carbocycles. The lowest BCUT2D eigenvalue weighted by atomic mass is 10.1. The molecule has 0 spiro atoms. The van der Waals surface area contributed by atoms with Gasteiger partial charge in [0.2, 0.25) is 5.82 Å². The molecule has 1 aromatic rings. The van der Waals surface area contributed by atoms with E-state index in [1.54, 1.807) is 6.92 Å². The van der Waals surface area contributed by atoms with E-state index in [1.807, 2.05) is 0 Å². The molecule has 1 amide bonds. The van der Waals surface area contributed by atoms with Gasteiger partial charge in [0, 0.05) is 6.54 Å². The van der Waals surface area contributed by atoms with Gasteiger partial charge < -0.3 is 11.1 Å². The number of carbonyl (C=O) groups is 1. The van der Waals surface area contributed by atoms with Crippen molar-refractivity contribution in [1.82, 2.24) is 5.32 Å². The van der Waals surface area contributed by atoms with E-state index in [9.17, 15) is 26.7 Å². The van der Waals surface area contributed by atoms with Gasteiger partial charge in [0.25, 0.3) is 5.91 Å². The van der Waals surface area contributed by atoms with Gasteiger partial charge in [-0.05, 0) is 18.9 Å². The van der Waals surface area contributed by atoms with Crippen LogP contribution < -0.4 is 11.1 Å². The number of hydrogen-bond acceptors (Lipinski definition) is 2. The predicted molar refractivity (Wildman–Crippen MR) is 61.4 cm³/mol. The lowest BCUT2D eigenvalue weighted by molar-refractivity contribution is 0.0936. The van der Waals surface area contributed by atoms with Crippen molar-refractivity contribution in [3.8, 4) is 0 Å². The van der Waals surface area contributed by atoms with Gasteiger partial charge in [-0.15, -0.1) is 0 Å². The number of carbonyl (C=O) groups excluding carboxylic acids is 1. The molecule has 0 aromatic heterocycles. The van der Waals surface area contributed by atoms with E-state index in [0.29, 0.717) is 13.0 Å². The van der Waals surface area contributed by atoms with Crippen LogP contribution in [0.25, 0.3) is 0 Å². The fraction of sp³-hybridized carbons (Fsp3) is 0.417. The molecule has 0 saturated heterocycles. The Bertz CT molecular complexity index is 492. The molecule has 3 nitrogen and oxygen atoms in total. The first-order valence-corrected chi connectivity index (χ1v) is 5.80. The van der Waals surface area contributed by atoms with Crippen molar-refractivity contribution >= 4 is 5.91 Å². The van der Waals surface area contributed by atoms with Crippen LogP contribution in [-0.4, -0.2) is 19.0 Å². The highest BCUT2D eigenvalue weighted by Gasteiger charge is 2.29. The molecule has 20 heavy (non-hydrogen) atoms. The molecule has 1 rings (SSSR count). The van der Waals surface area contributed by atoms with Crippen molar-refractivity contribution in [2.75, 3.05) is 13.1 Å². The lowest BCUT2D eigenvalue weighted by Crippen LogP contribution is -2.31. The van der Waals surface area contributed by atoms with Crippen molar-refractivity contribution in [2.45, 2.75) is 13.3 Å². The molecule has 1 atom stereocenters. The van der Waals surface area contributed by atoms with Gasteiger partial charge in [0.1, 0.15) is 5.56 Å². The van der Waals surface area contributed by atoms with Crippen molar-refractivity contribution < 1.29 is 26.7 Å². The summed E-state index contributed by atoms with van der Waals surface area (Å²) in [4.78, 5) is 11.5. The van der Waals surface area contributed by atoms with Crippen LogP contribution in [0.4, 0.5) is 22.0 Å². The maximum atomic E-state index is 13.3. The minimum atomic E-state index is -2.30. The predicted octanol–water partition coefficient (Wildman–Crippen LogP) is 2.10. The Balaban J connectivity index is 3.00. The normalized spacial score (nSPS) is 12.3. The maximum Gasteiger partial charge on any atom is 0.257 e. The molecular weight excluding hydrogens is 283 g/mol. The highest BCUT2D eigenvalue weighted by molar-refractivity contribution is 5.94. The van der Waals surface area contributed by atoms with Gasteiger partial charge in [0.15, 0.2) is 23.3 Å². The van der Waals surface area contributed by atoms with Gasteiger partial charge >= 0.3 is 0 Å². The van der Waals surface area contributed by atoms with E-state index in [2.05, 4.69) is 5.32 Å². The van der Waals surface area contributed by atoms with E-state index in [1.165, 1.54) is 0 Å². The van der Waals surface area contributed by atoms with Crippen LogP contribution in [0.1, 0.15) is 23.7 Å². The van der Waals surface area contributed by atoms with Gasteiger partial charge in [0.05, 0.1) is 0 Å². The molecule has 0 aliphatic rings. The number of hydrogen-bond donors (Lipinski definition) is 2. The quantitative estimate of drug-likeness (QED) is 0.496. The Labute approximate surface area is 112 Å². The van der Waals surface area contributed by atoms with E-state index in [0.717, 1.165) is 0 Å². The Kier molecular flexibility index (Phi) is 5.43. The van der Waals surface area contributed by atoms with Crippen LogP contribution in [0.3, 0.4) is 0 Å². The molecule has 1 aromatic carbocycles. The van der Waals surface area contributed by atoms with Crippen LogP contribution >= 0.6 is 0 Å². The topological polar surface area (TPSA) is 55.1 Å². The number of benzene rings is 1. The van der Waals surface area contributed by atoms with E-state index in [-0.39, 0.29) is 12.5 Å². The van der Waals surface area contributed by atoms with Crippen LogP contribution in [0.15, 0.2) is 0 Å². The number of rotatable bonds is 5. The first-order valence-electron chi connectivity index (χ1n) is 5.80. The third kappa shape index (κ3) is 3.24. The third-order valence-electron chi connectivity index (χ3n) is 2.71. The maximum absolute atomic E-state index is 13.3. The molecule has 0 fully saturated rings. The molecule has 3 N–H and O–H groups in total. The van der Waals surface area contributed by atoms with Crippen LogP contribution in [0.5, 0.6) is 0 Å². The zero-order valence-corrected chi connectivity index (χ0v) is 10.6. The molecule has 0 heterocycles. The van der Waals surface area contributed by atoms with E-state index in [4.69, 9.17) is 5.73 Å². The second-order valence-corrected chi connectivity index (χ2v) is 4.34. The van der Waals surface area contributed by atoms with Gasteiger partial charge in [-0.25, -0.2) is 22.0 Å². The number of amides is 1. The summed E-state index contributed by atoms with van der Waals surface area (Å²) in [6.45, 7) is 2.07. The molecule has 0 saturated carbocycles. The second kappa shape index (κ2) is 6.65. The highest BCUT2D eigenvalue weighted by atomic mass is 19.2. The molecule has 8 heteroatoms. The van der Waals surface area contributed by atoms with Gasteiger partial charge in [-0.1, -0.05) is 6.92 Å². The zero-order valence-electron chi connectivity index (χ0n) is 10.6. The third-order valence-corrected chi connectivity index (χ3v) is 2.71. The summed E-state index contributed by atoms with van der Waals surface area (Å²) in [5.74, 6) is -12.3. The fourth-order valence-electron chi connectivity index (χ4n) is 1.55. The van der Waals surface area contributed by atoms with Crippen LogP contribution in [0, 0.1) is 35.0 Å². The largest absolute Gasteiger partial charge is 0.352 e. The van der Waals surface area contributed by atoms with Crippen molar-refractivity contribution in [3.05, 3.63) is 34.6 Å². The number of halogens is 5. The van der Waals surface area contributed by atoms with Gasteiger partial charge in [-0.3, -0.25) is 4.79 Å². The SMILES string of the molecule is CC(CCN)CNC(=O)c1c(F)c(F)c(F)c(F)c1F. The minimum absolute atomic E-state index is 0.00945. The second-order valence-electron chi connectivity index (χ2n) is 4.34. The molecule has 0 bridgehead atoms. The Morgan fingerprint density at radius 2 is 1.50 bits per heavy atom. The molecule has 1 unspecified atom stereocenters.